The van der Waals surface area contributed by atoms with Crippen LogP contribution in [0.25, 0.3) is 0 Å². The third-order valence-electron chi connectivity index (χ3n) is 3.61. The van der Waals surface area contributed by atoms with E-state index in [1.807, 2.05) is 0 Å². The van der Waals surface area contributed by atoms with E-state index >= 15 is 0 Å². The quantitative estimate of drug-likeness (QED) is 0.865. The lowest BCUT2D eigenvalue weighted by atomic mass is 10.1. The maximum atomic E-state index is 12.6. The predicted molar refractivity (Wildman–Crippen MR) is 91.5 cm³/mol. The van der Waals surface area contributed by atoms with E-state index in [0.717, 1.165) is 0 Å². The van der Waals surface area contributed by atoms with Gasteiger partial charge in [0.05, 0.1) is 12.0 Å². The zero-order chi connectivity index (χ0) is 17.7. The molecule has 128 valence electrons. The van der Waals surface area contributed by atoms with Crippen molar-refractivity contribution in [1.29, 1.82) is 0 Å². The van der Waals surface area contributed by atoms with Gasteiger partial charge in [0, 0.05) is 31.8 Å². The van der Waals surface area contributed by atoms with Gasteiger partial charge < -0.3 is 10.1 Å². The van der Waals surface area contributed by atoms with Gasteiger partial charge in [-0.25, -0.2) is 8.42 Å². The van der Waals surface area contributed by atoms with Crippen LogP contribution in [0.4, 0.5) is 0 Å². The number of carbonyl (C=O) groups excluding carboxylic acids is 1. The average Bonchev–Trinajstić information content (AvgIpc) is 2.61. The highest BCUT2D eigenvalue weighted by Gasteiger charge is 2.22. The first kappa shape index (κ1) is 18.0. The van der Waals surface area contributed by atoms with Crippen LogP contribution in [0, 0.1) is 0 Å². The topological polar surface area (TPSA) is 75.7 Å². The van der Waals surface area contributed by atoms with Crippen molar-refractivity contribution in [2.45, 2.75) is 11.4 Å². The summed E-state index contributed by atoms with van der Waals surface area (Å²) in [4.78, 5) is 12.0. The van der Waals surface area contributed by atoms with Gasteiger partial charge in [0.2, 0.25) is 10.0 Å². The minimum Gasteiger partial charge on any atom is -0.496 e. The molecular weight excluding hydrogens is 328 g/mol. The fourth-order valence-corrected chi connectivity index (χ4v) is 3.46. The van der Waals surface area contributed by atoms with Gasteiger partial charge in [-0.3, -0.25) is 4.79 Å². The molecule has 0 aromatic heterocycles. The molecule has 7 heteroatoms. The molecule has 0 bridgehead atoms. The highest BCUT2D eigenvalue weighted by atomic mass is 32.2. The Morgan fingerprint density at radius 3 is 2.42 bits per heavy atom. The highest BCUT2D eigenvalue weighted by molar-refractivity contribution is 7.89. The molecule has 1 amide bonds. The molecule has 0 saturated heterocycles. The molecule has 24 heavy (non-hydrogen) atoms. The van der Waals surface area contributed by atoms with E-state index in [0.29, 0.717) is 16.9 Å². The molecule has 1 N–H and O–H groups in total. The zero-order valence-corrected chi connectivity index (χ0v) is 14.6. The molecule has 0 unspecified atom stereocenters. The van der Waals surface area contributed by atoms with Gasteiger partial charge in [0.25, 0.3) is 5.91 Å². The van der Waals surface area contributed by atoms with Crippen molar-refractivity contribution in [1.82, 2.24) is 9.62 Å². The lowest BCUT2D eigenvalue weighted by molar-refractivity contribution is 0.0963. The van der Waals surface area contributed by atoms with Crippen LogP contribution in [0.15, 0.2) is 53.4 Å². The summed E-state index contributed by atoms with van der Waals surface area (Å²) in [6, 6.07) is 13.1. The molecule has 0 atom stereocenters. The first-order valence-electron chi connectivity index (χ1n) is 7.30. The van der Waals surface area contributed by atoms with Crippen molar-refractivity contribution in [3.63, 3.8) is 0 Å². The maximum absolute atomic E-state index is 12.6. The van der Waals surface area contributed by atoms with Crippen molar-refractivity contribution >= 4 is 15.9 Å². The second kappa shape index (κ2) is 7.46. The summed E-state index contributed by atoms with van der Waals surface area (Å²) < 4.78 is 31.7. The van der Waals surface area contributed by atoms with Crippen molar-refractivity contribution in [3.05, 3.63) is 59.7 Å². The molecule has 0 aliphatic heterocycles. The molecular formula is C17H20N2O4S. The Morgan fingerprint density at radius 2 is 1.83 bits per heavy atom. The molecule has 2 rings (SSSR count). The third kappa shape index (κ3) is 3.74. The van der Waals surface area contributed by atoms with E-state index < -0.39 is 10.0 Å². The number of carbonyl (C=O) groups is 1. The Kier molecular flexibility index (Phi) is 5.58. The number of hydrogen-bond donors (Lipinski definition) is 1. The van der Waals surface area contributed by atoms with Crippen LogP contribution in [0.3, 0.4) is 0 Å². The van der Waals surface area contributed by atoms with Gasteiger partial charge in [0.15, 0.2) is 0 Å². The van der Waals surface area contributed by atoms with Crippen LogP contribution in [-0.2, 0) is 16.6 Å². The van der Waals surface area contributed by atoms with Crippen molar-refractivity contribution in [3.8, 4) is 5.75 Å². The molecule has 2 aromatic carbocycles. The van der Waals surface area contributed by atoms with Gasteiger partial charge in [-0.2, -0.15) is 4.31 Å². The third-order valence-corrected chi connectivity index (χ3v) is 5.43. The minimum atomic E-state index is -3.62. The Morgan fingerprint density at radius 1 is 1.17 bits per heavy atom. The van der Waals surface area contributed by atoms with Gasteiger partial charge in [-0.15, -0.1) is 0 Å². The van der Waals surface area contributed by atoms with Crippen LogP contribution in [-0.4, -0.2) is 39.8 Å². The number of amides is 1. The molecule has 0 fully saturated rings. The number of methoxy groups -OCH3 is 1. The van der Waals surface area contributed by atoms with Gasteiger partial charge in [0.1, 0.15) is 5.75 Å². The number of rotatable bonds is 6. The summed E-state index contributed by atoms with van der Waals surface area (Å²) in [5.74, 6) is 0.283. The molecule has 0 heterocycles. The van der Waals surface area contributed by atoms with E-state index in [2.05, 4.69) is 5.32 Å². The monoisotopic (exact) mass is 348 g/mol. The summed E-state index contributed by atoms with van der Waals surface area (Å²) in [7, 11) is 0.915. The molecule has 0 aliphatic carbocycles. The largest absolute Gasteiger partial charge is 0.496 e. The zero-order valence-electron chi connectivity index (χ0n) is 13.8. The minimum absolute atomic E-state index is 0.0885. The average molecular weight is 348 g/mol. The van der Waals surface area contributed by atoms with Crippen molar-refractivity contribution in [2.24, 2.45) is 0 Å². The number of nitrogens with zero attached hydrogens (tertiary/aromatic N) is 1. The van der Waals surface area contributed by atoms with Crippen LogP contribution in [0.5, 0.6) is 5.75 Å². The summed E-state index contributed by atoms with van der Waals surface area (Å²) in [6.07, 6.45) is 0. The molecule has 6 nitrogen and oxygen atoms in total. The lowest BCUT2D eigenvalue weighted by Crippen LogP contribution is -2.27. The smallest absolute Gasteiger partial charge is 0.251 e. The Bertz CT molecular complexity index is 820. The normalized spacial score (nSPS) is 11.3. The summed E-state index contributed by atoms with van der Waals surface area (Å²) in [5, 5.41) is 2.54. The standard InChI is InChI=1S/C17H20N2O4S/c1-18-17(20)13-9-10-16(23-3)14(11-13)12-19(2)24(21,22)15-7-5-4-6-8-15/h4-11H,12H2,1-3H3,(H,18,20). The van der Waals surface area contributed by atoms with E-state index in [9.17, 15) is 13.2 Å². The van der Waals surface area contributed by atoms with Crippen molar-refractivity contribution < 1.29 is 17.9 Å². The molecule has 0 aliphatic rings. The Labute approximate surface area is 142 Å². The van der Waals surface area contributed by atoms with Gasteiger partial charge >= 0.3 is 0 Å². The number of ether oxygens (including phenoxy) is 1. The van der Waals surface area contributed by atoms with Crippen molar-refractivity contribution in [2.75, 3.05) is 21.2 Å². The molecule has 0 radical (unpaired) electrons. The number of benzene rings is 2. The lowest BCUT2D eigenvalue weighted by Gasteiger charge is -2.19. The van der Waals surface area contributed by atoms with Crippen LogP contribution in [0.1, 0.15) is 15.9 Å². The van der Waals surface area contributed by atoms with Crippen LogP contribution < -0.4 is 10.1 Å². The van der Waals surface area contributed by atoms with Crippen LogP contribution in [0.2, 0.25) is 0 Å². The number of sulfonamides is 1. The number of nitrogens with one attached hydrogen (secondary N) is 1. The van der Waals surface area contributed by atoms with E-state index in [1.54, 1.807) is 48.5 Å². The second-order valence-electron chi connectivity index (χ2n) is 5.18. The Balaban J connectivity index is 2.34. The summed E-state index contributed by atoms with van der Waals surface area (Å²) in [5.41, 5.74) is 1.06. The fraction of sp³-hybridized carbons (Fsp3) is 0.235. The Hall–Kier alpha value is -2.38. The van der Waals surface area contributed by atoms with E-state index in [-0.39, 0.29) is 17.3 Å². The van der Waals surface area contributed by atoms with Gasteiger partial charge in [-0.05, 0) is 30.3 Å². The molecule has 0 spiro atoms. The highest BCUT2D eigenvalue weighted by Crippen LogP contribution is 2.24. The second-order valence-corrected chi connectivity index (χ2v) is 7.22. The van der Waals surface area contributed by atoms with Gasteiger partial charge in [-0.1, -0.05) is 18.2 Å². The fourth-order valence-electron chi connectivity index (χ4n) is 2.28. The molecule has 2 aromatic rings. The number of hydrogen-bond acceptors (Lipinski definition) is 4. The first-order chi connectivity index (χ1) is 11.4. The predicted octanol–water partition coefficient (Wildman–Crippen LogP) is 1.88. The van der Waals surface area contributed by atoms with Crippen LogP contribution >= 0.6 is 0 Å². The first-order valence-corrected chi connectivity index (χ1v) is 8.74. The van der Waals surface area contributed by atoms with E-state index in [4.69, 9.17) is 4.74 Å². The molecule has 0 saturated carbocycles. The SMILES string of the molecule is CNC(=O)c1ccc(OC)c(CN(C)S(=O)(=O)c2ccccc2)c1. The summed E-state index contributed by atoms with van der Waals surface area (Å²) >= 11 is 0. The van der Waals surface area contributed by atoms with E-state index in [1.165, 1.54) is 25.5 Å². The maximum Gasteiger partial charge on any atom is 0.251 e. The summed E-state index contributed by atoms with van der Waals surface area (Å²) in [6.45, 7) is 0.0885.